The molecule has 2 fully saturated rings. The van der Waals surface area contributed by atoms with Gasteiger partial charge in [0.25, 0.3) is 0 Å². The second kappa shape index (κ2) is 4.80. The van der Waals surface area contributed by atoms with Gasteiger partial charge in [0.05, 0.1) is 15.7 Å². The van der Waals surface area contributed by atoms with Gasteiger partial charge in [0.15, 0.2) is 0 Å². The third-order valence-electron chi connectivity index (χ3n) is 3.94. The molecule has 1 atom stereocenters. The zero-order valence-electron chi connectivity index (χ0n) is 10.2. The third kappa shape index (κ3) is 2.15. The standard InChI is InChI=1S/C13H17Cl2N3/c14-11-6-9(16)7-12(15)13(11)18-5-4-17-3-1-2-10(17)8-18/h6-7,10H,1-5,8,16H2. The summed E-state index contributed by atoms with van der Waals surface area (Å²) in [7, 11) is 0. The summed E-state index contributed by atoms with van der Waals surface area (Å²) < 4.78 is 0. The summed E-state index contributed by atoms with van der Waals surface area (Å²) in [6.07, 6.45) is 2.59. The molecule has 1 aromatic carbocycles. The lowest BCUT2D eigenvalue weighted by Gasteiger charge is -2.39. The van der Waals surface area contributed by atoms with Gasteiger partial charge in [-0.2, -0.15) is 0 Å². The number of nitrogens with two attached hydrogens (primary N) is 1. The molecule has 0 spiro atoms. The first-order valence-electron chi connectivity index (χ1n) is 6.38. The first-order chi connectivity index (χ1) is 8.65. The van der Waals surface area contributed by atoms with Crippen LogP contribution in [-0.2, 0) is 0 Å². The largest absolute Gasteiger partial charge is 0.399 e. The van der Waals surface area contributed by atoms with Crippen molar-refractivity contribution in [2.24, 2.45) is 0 Å². The molecule has 5 heteroatoms. The summed E-state index contributed by atoms with van der Waals surface area (Å²) in [5.74, 6) is 0. The molecule has 0 aromatic heterocycles. The Labute approximate surface area is 117 Å². The fraction of sp³-hybridized carbons (Fsp3) is 0.538. The van der Waals surface area contributed by atoms with E-state index in [2.05, 4.69) is 9.80 Å². The number of nitrogens with zero attached hydrogens (tertiary/aromatic N) is 2. The number of hydrogen-bond acceptors (Lipinski definition) is 3. The number of rotatable bonds is 1. The summed E-state index contributed by atoms with van der Waals surface area (Å²) in [6.45, 7) is 4.34. The predicted octanol–water partition coefficient (Wildman–Crippen LogP) is 2.86. The number of fused-ring (bicyclic) bond motifs is 1. The van der Waals surface area contributed by atoms with Crippen molar-refractivity contribution in [1.82, 2.24) is 4.90 Å². The summed E-state index contributed by atoms with van der Waals surface area (Å²) >= 11 is 12.6. The Kier molecular flexibility index (Phi) is 3.31. The van der Waals surface area contributed by atoms with Crippen LogP contribution in [0.5, 0.6) is 0 Å². The average molecular weight is 286 g/mol. The van der Waals surface area contributed by atoms with E-state index in [1.807, 2.05) is 0 Å². The number of piperazine rings is 1. The molecule has 1 unspecified atom stereocenters. The molecule has 2 aliphatic rings. The minimum Gasteiger partial charge on any atom is -0.399 e. The Bertz CT molecular complexity index is 441. The van der Waals surface area contributed by atoms with Crippen LogP contribution in [0, 0.1) is 0 Å². The highest BCUT2D eigenvalue weighted by molar-refractivity contribution is 6.39. The zero-order valence-corrected chi connectivity index (χ0v) is 11.7. The van der Waals surface area contributed by atoms with Gasteiger partial charge in [0.2, 0.25) is 0 Å². The molecule has 18 heavy (non-hydrogen) atoms. The van der Waals surface area contributed by atoms with Gasteiger partial charge < -0.3 is 10.6 Å². The minimum absolute atomic E-state index is 0.619. The maximum Gasteiger partial charge on any atom is 0.0747 e. The van der Waals surface area contributed by atoms with Gasteiger partial charge in [0, 0.05) is 31.4 Å². The number of benzene rings is 1. The topological polar surface area (TPSA) is 32.5 Å². The maximum atomic E-state index is 6.29. The van der Waals surface area contributed by atoms with Gasteiger partial charge in [-0.15, -0.1) is 0 Å². The molecule has 3 nitrogen and oxygen atoms in total. The van der Waals surface area contributed by atoms with E-state index in [4.69, 9.17) is 28.9 Å². The summed E-state index contributed by atoms with van der Waals surface area (Å²) in [6, 6.07) is 4.22. The lowest BCUT2D eigenvalue weighted by atomic mass is 10.1. The predicted molar refractivity (Wildman–Crippen MR) is 77.7 cm³/mol. The fourth-order valence-corrected chi connectivity index (χ4v) is 3.82. The van der Waals surface area contributed by atoms with E-state index in [1.54, 1.807) is 12.1 Å². The number of anilines is 2. The van der Waals surface area contributed by atoms with E-state index in [9.17, 15) is 0 Å². The van der Waals surface area contributed by atoms with Crippen LogP contribution in [0.25, 0.3) is 0 Å². The lowest BCUT2D eigenvalue weighted by Crippen LogP contribution is -2.50. The van der Waals surface area contributed by atoms with Gasteiger partial charge in [-0.25, -0.2) is 0 Å². The molecule has 3 rings (SSSR count). The van der Waals surface area contributed by atoms with Gasteiger partial charge in [-0.05, 0) is 31.5 Å². The van der Waals surface area contributed by atoms with E-state index in [1.165, 1.54) is 19.4 Å². The van der Waals surface area contributed by atoms with Crippen LogP contribution in [-0.4, -0.2) is 37.1 Å². The molecular weight excluding hydrogens is 269 g/mol. The molecule has 0 bridgehead atoms. The molecule has 2 heterocycles. The van der Waals surface area contributed by atoms with E-state index in [0.717, 1.165) is 25.3 Å². The van der Waals surface area contributed by atoms with Gasteiger partial charge >= 0.3 is 0 Å². The van der Waals surface area contributed by atoms with Crippen LogP contribution in [0.3, 0.4) is 0 Å². The first-order valence-corrected chi connectivity index (χ1v) is 7.14. The molecule has 98 valence electrons. The number of halogens is 2. The van der Waals surface area contributed by atoms with Crippen LogP contribution >= 0.6 is 23.2 Å². The van der Waals surface area contributed by atoms with Gasteiger partial charge in [0.1, 0.15) is 0 Å². The van der Waals surface area contributed by atoms with E-state index in [0.29, 0.717) is 21.8 Å². The molecule has 0 radical (unpaired) electrons. The second-order valence-electron chi connectivity index (χ2n) is 5.11. The van der Waals surface area contributed by atoms with Crippen LogP contribution in [0.1, 0.15) is 12.8 Å². The Hall–Kier alpha value is -0.640. The normalized spacial score (nSPS) is 24.3. The van der Waals surface area contributed by atoms with Crippen molar-refractivity contribution in [1.29, 1.82) is 0 Å². The Morgan fingerprint density at radius 2 is 1.83 bits per heavy atom. The number of nitrogen functional groups attached to an aromatic ring is 1. The van der Waals surface area contributed by atoms with Crippen molar-refractivity contribution in [3.63, 3.8) is 0 Å². The third-order valence-corrected chi connectivity index (χ3v) is 4.52. The molecule has 0 saturated carbocycles. The van der Waals surface area contributed by atoms with Crippen molar-refractivity contribution in [2.75, 3.05) is 36.8 Å². The molecule has 0 amide bonds. The van der Waals surface area contributed by atoms with E-state index in [-0.39, 0.29) is 0 Å². The Morgan fingerprint density at radius 3 is 2.56 bits per heavy atom. The Balaban J connectivity index is 1.87. The van der Waals surface area contributed by atoms with Crippen molar-refractivity contribution in [3.05, 3.63) is 22.2 Å². The van der Waals surface area contributed by atoms with Crippen LogP contribution in [0.4, 0.5) is 11.4 Å². The minimum atomic E-state index is 0.619. The van der Waals surface area contributed by atoms with Gasteiger partial charge in [-0.1, -0.05) is 23.2 Å². The summed E-state index contributed by atoms with van der Waals surface area (Å²) in [5.41, 5.74) is 7.31. The van der Waals surface area contributed by atoms with E-state index < -0.39 is 0 Å². The summed E-state index contributed by atoms with van der Waals surface area (Å²) in [5, 5.41) is 1.32. The summed E-state index contributed by atoms with van der Waals surface area (Å²) in [4.78, 5) is 4.87. The molecule has 0 aliphatic carbocycles. The maximum absolute atomic E-state index is 6.29. The fourth-order valence-electron chi connectivity index (χ4n) is 3.08. The van der Waals surface area contributed by atoms with Crippen LogP contribution in [0.2, 0.25) is 10.0 Å². The van der Waals surface area contributed by atoms with Crippen molar-refractivity contribution >= 4 is 34.6 Å². The van der Waals surface area contributed by atoms with Crippen molar-refractivity contribution in [3.8, 4) is 0 Å². The van der Waals surface area contributed by atoms with Gasteiger partial charge in [-0.3, -0.25) is 4.90 Å². The molecule has 2 saturated heterocycles. The highest BCUT2D eigenvalue weighted by Gasteiger charge is 2.31. The zero-order chi connectivity index (χ0) is 12.7. The number of hydrogen-bond donors (Lipinski definition) is 1. The second-order valence-corrected chi connectivity index (χ2v) is 5.93. The average Bonchev–Trinajstić information content (AvgIpc) is 2.74. The molecule has 1 aromatic rings. The van der Waals surface area contributed by atoms with Crippen LogP contribution in [0.15, 0.2) is 12.1 Å². The first kappa shape index (κ1) is 12.4. The van der Waals surface area contributed by atoms with Crippen molar-refractivity contribution < 1.29 is 0 Å². The van der Waals surface area contributed by atoms with Crippen LogP contribution < -0.4 is 10.6 Å². The van der Waals surface area contributed by atoms with Crippen molar-refractivity contribution in [2.45, 2.75) is 18.9 Å². The highest BCUT2D eigenvalue weighted by Crippen LogP contribution is 2.37. The Morgan fingerprint density at radius 1 is 1.11 bits per heavy atom. The molecular formula is C13H17Cl2N3. The quantitative estimate of drug-likeness (QED) is 0.806. The monoisotopic (exact) mass is 285 g/mol. The SMILES string of the molecule is Nc1cc(Cl)c(N2CCN3CCCC3C2)c(Cl)c1. The lowest BCUT2D eigenvalue weighted by molar-refractivity contribution is 0.231. The smallest absolute Gasteiger partial charge is 0.0747 e. The van der Waals surface area contributed by atoms with E-state index >= 15 is 0 Å². The molecule has 2 N–H and O–H groups in total. The molecule has 2 aliphatic heterocycles. The highest BCUT2D eigenvalue weighted by atomic mass is 35.5.